The molecule has 0 atom stereocenters. The fraction of sp³-hybridized carbons (Fsp3) is 0.375. The van der Waals surface area contributed by atoms with Crippen LogP contribution in [0.25, 0.3) is 11.0 Å². The lowest BCUT2D eigenvalue weighted by Crippen LogP contribution is -2.47. The van der Waals surface area contributed by atoms with Crippen LogP contribution in [0, 0.1) is 0 Å². The number of ether oxygens (including phenoxy) is 1. The molecular weight excluding hydrogens is 298 g/mol. The van der Waals surface area contributed by atoms with Crippen molar-refractivity contribution in [2.45, 2.75) is 25.7 Å². The molecule has 3 N–H and O–H groups in total. The highest BCUT2D eigenvalue weighted by Gasteiger charge is 2.18. The van der Waals surface area contributed by atoms with E-state index in [2.05, 4.69) is 16.2 Å². The second-order valence-corrected chi connectivity index (χ2v) is 5.41. The van der Waals surface area contributed by atoms with Gasteiger partial charge in [0.1, 0.15) is 17.1 Å². The molecule has 3 amide bonds. The number of benzene rings is 1. The second-order valence-electron chi connectivity index (χ2n) is 5.41. The van der Waals surface area contributed by atoms with Crippen LogP contribution in [0.5, 0.6) is 5.75 Å². The van der Waals surface area contributed by atoms with Crippen molar-refractivity contribution in [3.63, 3.8) is 0 Å². The molecule has 1 heterocycles. The molecule has 3 rings (SSSR count). The average Bonchev–Trinajstić information content (AvgIpc) is 2.95. The molecular formula is C16H19N3O4. The van der Waals surface area contributed by atoms with E-state index in [1.165, 1.54) is 19.0 Å². The van der Waals surface area contributed by atoms with E-state index in [0.717, 1.165) is 36.0 Å². The first-order valence-corrected chi connectivity index (χ1v) is 7.61. The summed E-state index contributed by atoms with van der Waals surface area (Å²) in [6.07, 6.45) is 4.32. The minimum absolute atomic E-state index is 0.185. The molecule has 0 fully saturated rings. The van der Waals surface area contributed by atoms with E-state index < -0.39 is 11.9 Å². The number of amides is 3. The molecule has 0 spiro atoms. The lowest BCUT2D eigenvalue weighted by molar-refractivity contribution is -0.123. The van der Waals surface area contributed by atoms with Gasteiger partial charge in [0.2, 0.25) is 0 Å². The average molecular weight is 317 g/mol. The maximum absolute atomic E-state index is 11.6. The maximum atomic E-state index is 11.6. The van der Waals surface area contributed by atoms with Crippen molar-refractivity contribution in [2.24, 2.45) is 0 Å². The van der Waals surface area contributed by atoms with E-state index in [1.807, 2.05) is 12.1 Å². The standard InChI is InChI=1S/C16H19N3O4/c1-17-16(21)19-18-15(20)9-22-10-6-7-14-12(8-10)11-4-2-3-5-13(11)23-14/h6-8H,2-5,9H2,1H3,(H,18,20)(H2,17,19,21). The molecule has 23 heavy (non-hydrogen) atoms. The highest BCUT2D eigenvalue weighted by molar-refractivity contribution is 5.84. The van der Waals surface area contributed by atoms with E-state index in [-0.39, 0.29) is 6.61 Å². The Hall–Kier alpha value is -2.70. The van der Waals surface area contributed by atoms with Crippen molar-refractivity contribution in [2.75, 3.05) is 13.7 Å². The highest BCUT2D eigenvalue weighted by atomic mass is 16.5. The van der Waals surface area contributed by atoms with Gasteiger partial charge in [0.15, 0.2) is 6.61 Å². The van der Waals surface area contributed by atoms with Gasteiger partial charge in [-0.3, -0.25) is 10.2 Å². The maximum Gasteiger partial charge on any atom is 0.333 e. The molecule has 0 saturated heterocycles. The number of carbonyl (C=O) groups excluding carboxylic acids is 2. The third-order valence-electron chi connectivity index (χ3n) is 3.84. The van der Waals surface area contributed by atoms with Gasteiger partial charge in [0, 0.05) is 24.4 Å². The van der Waals surface area contributed by atoms with Crippen molar-refractivity contribution < 1.29 is 18.7 Å². The summed E-state index contributed by atoms with van der Waals surface area (Å²) >= 11 is 0. The van der Waals surface area contributed by atoms with Gasteiger partial charge in [-0.1, -0.05) is 0 Å². The number of hydrogen-bond acceptors (Lipinski definition) is 4. The van der Waals surface area contributed by atoms with E-state index in [1.54, 1.807) is 6.07 Å². The fourth-order valence-electron chi connectivity index (χ4n) is 2.71. The SMILES string of the molecule is CNC(=O)NNC(=O)COc1ccc2oc3c(c2c1)CCCC3. The van der Waals surface area contributed by atoms with E-state index in [4.69, 9.17) is 9.15 Å². The number of carbonyl (C=O) groups is 2. The van der Waals surface area contributed by atoms with Crippen molar-refractivity contribution in [1.29, 1.82) is 0 Å². The molecule has 0 saturated carbocycles. The van der Waals surface area contributed by atoms with Crippen LogP contribution in [0.15, 0.2) is 22.6 Å². The lowest BCUT2D eigenvalue weighted by atomic mass is 9.96. The number of urea groups is 1. The third-order valence-corrected chi connectivity index (χ3v) is 3.84. The minimum atomic E-state index is -0.496. The Balaban J connectivity index is 1.64. The van der Waals surface area contributed by atoms with Gasteiger partial charge >= 0.3 is 6.03 Å². The van der Waals surface area contributed by atoms with Crippen molar-refractivity contribution in [3.05, 3.63) is 29.5 Å². The number of hydrogen-bond donors (Lipinski definition) is 3. The molecule has 1 aromatic carbocycles. The first-order valence-electron chi connectivity index (χ1n) is 7.61. The number of rotatable bonds is 3. The summed E-state index contributed by atoms with van der Waals surface area (Å²) in [5.41, 5.74) is 6.54. The Morgan fingerprint density at radius 3 is 2.87 bits per heavy atom. The Morgan fingerprint density at radius 1 is 1.22 bits per heavy atom. The molecule has 7 nitrogen and oxygen atoms in total. The second kappa shape index (κ2) is 6.60. The lowest BCUT2D eigenvalue weighted by Gasteiger charge is -2.09. The molecule has 1 aromatic heterocycles. The van der Waals surface area contributed by atoms with E-state index in [0.29, 0.717) is 5.75 Å². The Labute approximate surface area is 133 Å². The van der Waals surface area contributed by atoms with Gasteiger partial charge in [0.05, 0.1) is 0 Å². The number of fused-ring (bicyclic) bond motifs is 3. The minimum Gasteiger partial charge on any atom is -0.484 e. The van der Waals surface area contributed by atoms with Gasteiger partial charge in [-0.15, -0.1) is 0 Å². The molecule has 7 heteroatoms. The molecule has 2 aromatic rings. The van der Waals surface area contributed by atoms with Gasteiger partial charge < -0.3 is 14.5 Å². The summed E-state index contributed by atoms with van der Waals surface area (Å²) in [5.74, 6) is 1.22. The summed E-state index contributed by atoms with van der Waals surface area (Å²) in [6, 6.07) is 5.05. The molecule has 122 valence electrons. The van der Waals surface area contributed by atoms with Crippen LogP contribution in [0.3, 0.4) is 0 Å². The molecule has 0 bridgehead atoms. The van der Waals surface area contributed by atoms with Gasteiger partial charge in [0.25, 0.3) is 5.91 Å². The van der Waals surface area contributed by atoms with Crippen molar-refractivity contribution >= 4 is 22.9 Å². The number of nitrogens with one attached hydrogen (secondary N) is 3. The summed E-state index contributed by atoms with van der Waals surface area (Å²) in [5, 5.41) is 3.38. The zero-order valence-corrected chi connectivity index (χ0v) is 12.9. The van der Waals surface area contributed by atoms with Crippen molar-refractivity contribution in [1.82, 2.24) is 16.2 Å². The topological polar surface area (TPSA) is 92.6 Å². The van der Waals surface area contributed by atoms with Gasteiger partial charge in [-0.05, 0) is 37.5 Å². The largest absolute Gasteiger partial charge is 0.484 e. The van der Waals surface area contributed by atoms with Crippen LogP contribution < -0.4 is 20.9 Å². The summed E-state index contributed by atoms with van der Waals surface area (Å²) < 4.78 is 11.3. The van der Waals surface area contributed by atoms with Crippen LogP contribution in [0.2, 0.25) is 0 Å². The number of furan rings is 1. The molecule has 0 unspecified atom stereocenters. The molecule has 0 radical (unpaired) electrons. The molecule has 1 aliphatic carbocycles. The molecule has 0 aliphatic heterocycles. The zero-order chi connectivity index (χ0) is 16.2. The predicted molar refractivity (Wildman–Crippen MR) is 84.1 cm³/mol. The van der Waals surface area contributed by atoms with Crippen LogP contribution in [-0.2, 0) is 17.6 Å². The third kappa shape index (κ3) is 3.39. The van der Waals surface area contributed by atoms with Crippen LogP contribution >= 0.6 is 0 Å². The normalized spacial score (nSPS) is 13.3. The van der Waals surface area contributed by atoms with Gasteiger partial charge in [-0.2, -0.15) is 0 Å². The van der Waals surface area contributed by atoms with Crippen LogP contribution in [-0.4, -0.2) is 25.6 Å². The fourth-order valence-corrected chi connectivity index (χ4v) is 2.71. The van der Waals surface area contributed by atoms with E-state index >= 15 is 0 Å². The van der Waals surface area contributed by atoms with E-state index in [9.17, 15) is 9.59 Å². The first kappa shape index (κ1) is 15.2. The van der Waals surface area contributed by atoms with Crippen LogP contribution in [0.4, 0.5) is 4.79 Å². The van der Waals surface area contributed by atoms with Gasteiger partial charge in [-0.25, -0.2) is 10.2 Å². The smallest absolute Gasteiger partial charge is 0.333 e. The number of aryl methyl sites for hydroxylation is 2. The summed E-state index contributed by atoms with van der Waals surface area (Å²) in [6.45, 7) is -0.185. The summed E-state index contributed by atoms with van der Waals surface area (Å²) in [7, 11) is 1.46. The quantitative estimate of drug-likeness (QED) is 0.751. The Bertz CT molecular complexity index is 738. The Kier molecular flexibility index (Phi) is 4.36. The first-order chi connectivity index (χ1) is 11.2. The summed E-state index contributed by atoms with van der Waals surface area (Å²) in [4.78, 5) is 22.5. The number of hydrazine groups is 1. The highest BCUT2D eigenvalue weighted by Crippen LogP contribution is 2.33. The van der Waals surface area contributed by atoms with Crippen LogP contribution in [0.1, 0.15) is 24.2 Å². The molecule has 1 aliphatic rings. The Morgan fingerprint density at radius 2 is 2.04 bits per heavy atom. The zero-order valence-electron chi connectivity index (χ0n) is 12.9. The predicted octanol–water partition coefficient (Wildman–Crippen LogP) is 1.65. The monoisotopic (exact) mass is 317 g/mol. The van der Waals surface area contributed by atoms with Crippen molar-refractivity contribution in [3.8, 4) is 5.75 Å².